The van der Waals surface area contributed by atoms with Crippen LogP contribution in [-0.2, 0) is 12.8 Å². The molecule has 0 saturated heterocycles. The first-order valence-electron chi connectivity index (χ1n) is 10.1. The normalized spacial score (nSPS) is 19.1. The second-order valence-electron chi connectivity index (χ2n) is 7.67. The Hall–Kier alpha value is -1.64. The number of hydrogen-bond acceptors (Lipinski definition) is 3. The number of aryl methyl sites for hydroxylation is 1. The van der Waals surface area contributed by atoms with Crippen LogP contribution >= 0.6 is 0 Å². The zero-order chi connectivity index (χ0) is 18.1. The molecule has 1 aromatic carbocycles. The van der Waals surface area contributed by atoms with Crippen molar-refractivity contribution in [2.24, 2.45) is 27.8 Å². The number of amidine groups is 1. The molecule has 1 aromatic rings. The molecule has 2 rings (SSSR count). The number of nitrogens with zero attached hydrogens (tertiary/aromatic N) is 2. The van der Waals surface area contributed by atoms with Crippen LogP contribution in [0.5, 0.6) is 0 Å². The molecule has 1 aliphatic rings. The third-order valence-corrected chi connectivity index (χ3v) is 5.35. The van der Waals surface area contributed by atoms with E-state index in [0.717, 1.165) is 38.0 Å². The topological polar surface area (TPSA) is 50.7 Å². The van der Waals surface area contributed by atoms with Gasteiger partial charge >= 0.3 is 0 Å². The van der Waals surface area contributed by atoms with Crippen molar-refractivity contribution in [1.82, 2.24) is 0 Å². The lowest BCUT2D eigenvalue weighted by molar-refractivity contribution is 0.496. The molecule has 3 heteroatoms. The van der Waals surface area contributed by atoms with Crippen molar-refractivity contribution in [3.05, 3.63) is 35.4 Å². The van der Waals surface area contributed by atoms with Gasteiger partial charge in [0.15, 0.2) is 0 Å². The first-order chi connectivity index (χ1) is 12.1. The fourth-order valence-electron chi connectivity index (χ4n) is 3.60. The van der Waals surface area contributed by atoms with Gasteiger partial charge in [0.2, 0.25) is 0 Å². The van der Waals surface area contributed by atoms with Gasteiger partial charge in [0.05, 0.1) is 0 Å². The average molecular weight is 342 g/mol. The summed E-state index contributed by atoms with van der Waals surface area (Å²) < 4.78 is 0. The predicted molar refractivity (Wildman–Crippen MR) is 109 cm³/mol. The Bertz CT molecular complexity index is 571. The minimum atomic E-state index is 0.620. The maximum atomic E-state index is 5.89. The summed E-state index contributed by atoms with van der Waals surface area (Å²) in [6, 6.07) is 9.12. The van der Waals surface area contributed by atoms with E-state index in [4.69, 9.17) is 5.73 Å². The molecule has 0 fully saturated rings. The second kappa shape index (κ2) is 10.4. The Kier molecular flexibility index (Phi) is 8.17. The van der Waals surface area contributed by atoms with Gasteiger partial charge in [-0.1, -0.05) is 64.3 Å². The van der Waals surface area contributed by atoms with E-state index >= 15 is 0 Å². The lowest BCUT2D eigenvalue weighted by Crippen LogP contribution is -2.16. The van der Waals surface area contributed by atoms with Gasteiger partial charge in [-0.25, -0.2) is 0 Å². The lowest BCUT2D eigenvalue weighted by atomic mass is 9.92. The van der Waals surface area contributed by atoms with E-state index in [-0.39, 0.29) is 0 Å². The highest BCUT2D eigenvalue weighted by atomic mass is 15.2. The van der Waals surface area contributed by atoms with Gasteiger partial charge in [-0.3, -0.25) is 0 Å². The van der Waals surface area contributed by atoms with Crippen molar-refractivity contribution in [3.8, 4) is 0 Å². The Labute approximate surface area is 153 Å². The first kappa shape index (κ1) is 19.7. The Morgan fingerprint density at radius 2 is 1.76 bits per heavy atom. The molecule has 0 aromatic heterocycles. The summed E-state index contributed by atoms with van der Waals surface area (Å²) in [7, 11) is 0. The second-order valence-corrected chi connectivity index (χ2v) is 7.67. The number of nitrogens with two attached hydrogens (primary N) is 1. The third-order valence-electron chi connectivity index (χ3n) is 5.35. The molecule has 3 nitrogen and oxygen atoms in total. The SMILES string of the molecule is CCc1ccc(C[C@H](C)CCCCC2=NN=C(N)C[C@H](CC)C2)cc1. The molecule has 1 heterocycles. The van der Waals surface area contributed by atoms with Crippen LogP contribution in [0.15, 0.2) is 34.5 Å². The predicted octanol–water partition coefficient (Wildman–Crippen LogP) is 5.52. The number of benzene rings is 1. The highest BCUT2D eigenvalue weighted by molar-refractivity contribution is 5.89. The van der Waals surface area contributed by atoms with Gasteiger partial charge in [0.1, 0.15) is 5.84 Å². The third kappa shape index (κ3) is 7.01. The maximum Gasteiger partial charge on any atom is 0.122 e. The molecule has 0 saturated carbocycles. The highest BCUT2D eigenvalue weighted by Gasteiger charge is 2.15. The van der Waals surface area contributed by atoms with E-state index < -0.39 is 0 Å². The minimum Gasteiger partial charge on any atom is -0.386 e. The van der Waals surface area contributed by atoms with Crippen LogP contribution in [0.3, 0.4) is 0 Å². The van der Waals surface area contributed by atoms with E-state index in [9.17, 15) is 0 Å². The van der Waals surface area contributed by atoms with E-state index in [1.54, 1.807) is 0 Å². The molecule has 0 unspecified atom stereocenters. The van der Waals surface area contributed by atoms with Crippen LogP contribution < -0.4 is 5.73 Å². The number of hydrogen-bond donors (Lipinski definition) is 1. The van der Waals surface area contributed by atoms with Crippen molar-refractivity contribution in [1.29, 1.82) is 0 Å². The van der Waals surface area contributed by atoms with Crippen LogP contribution in [0.25, 0.3) is 0 Å². The standard InChI is InChI=1S/C22H35N3/c1-4-18-10-12-20(13-11-18)14-17(3)8-6-7-9-21-15-19(5-2)16-22(23)25-24-21/h10-13,17,19H,4-9,14-16H2,1-3H3,(H2,23,25)/t17-,19-/m1/s1. The largest absolute Gasteiger partial charge is 0.386 e. The summed E-state index contributed by atoms with van der Waals surface area (Å²) in [5, 5.41) is 8.55. The zero-order valence-corrected chi connectivity index (χ0v) is 16.3. The molecular weight excluding hydrogens is 306 g/mol. The summed E-state index contributed by atoms with van der Waals surface area (Å²) >= 11 is 0. The van der Waals surface area contributed by atoms with Crippen molar-refractivity contribution in [2.75, 3.05) is 0 Å². The Balaban J connectivity index is 1.69. The molecular formula is C22H35N3. The van der Waals surface area contributed by atoms with Gasteiger partial charge < -0.3 is 5.73 Å². The average Bonchev–Trinajstić information content (AvgIpc) is 2.80. The van der Waals surface area contributed by atoms with E-state index in [0.29, 0.717) is 11.8 Å². The Morgan fingerprint density at radius 3 is 2.44 bits per heavy atom. The zero-order valence-electron chi connectivity index (χ0n) is 16.3. The summed E-state index contributed by atoms with van der Waals surface area (Å²) in [6.07, 6.45) is 10.3. The number of rotatable bonds is 9. The molecule has 0 radical (unpaired) electrons. The molecule has 2 atom stereocenters. The van der Waals surface area contributed by atoms with Gasteiger partial charge in [-0.2, -0.15) is 5.10 Å². The molecule has 138 valence electrons. The molecule has 0 aliphatic carbocycles. The van der Waals surface area contributed by atoms with Crippen LogP contribution in [-0.4, -0.2) is 11.5 Å². The van der Waals surface area contributed by atoms with Crippen LogP contribution in [0.1, 0.15) is 76.8 Å². The van der Waals surface area contributed by atoms with E-state index in [1.165, 1.54) is 42.5 Å². The van der Waals surface area contributed by atoms with E-state index in [1.807, 2.05) is 0 Å². The maximum absolute atomic E-state index is 5.89. The van der Waals surface area contributed by atoms with Crippen molar-refractivity contribution < 1.29 is 0 Å². The highest BCUT2D eigenvalue weighted by Crippen LogP contribution is 2.21. The van der Waals surface area contributed by atoms with Crippen LogP contribution in [0.4, 0.5) is 0 Å². The lowest BCUT2D eigenvalue weighted by Gasteiger charge is -2.14. The number of unbranched alkanes of at least 4 members (excludes halogenated alkanes) is 1. The summed E-state index contributed by atoms with van der Waals surface area (Å²) in [6.45, 7) is 6.81. The summed E-state index contributed by atoms with van der Waals surface area (Å²) in [5.41, 5.74) is 10.0. The van der Waals surface area contributed by atoms with Gasteiger partial charge in [0.25, 0.3) is 0 Å². The smallest absolute Gasteiger partial charge is 0.122 e. The monoisotopic (exact) mass is 341 g/mol. The van der Waals surface area contributed by atoms with E-state index in [2.05, 4.69) is 55.2 Å². The van der Waals surface area contributed by atoms with Crippen molar-refractivity contribution in [2.45, 2.75) is 78.6 Å². The minimum absolute atomic E-state index is 0.620. The first-order valence-corrected chi connectivity index (χ1v) is 10.1. The molecule has 0 spiro atoms. The summed E-state index contributed by atoms with van der Waals surface area (Å²) in [5.74, 6) is 2.06. The summed E-state index contributed by atoms with van der Waals surface area (Å²) in [4.78, 5) is 0. The fourth-order valence-corrected chi connectivity index (χ4v) is 3.60. The molecule has 2 N–H and O–H groups in total. The molecule has 1 aliphatic heterocycles. The van der Waals surface area contributed by atoms with Crippen molar-refractivity contribution in [3.63, 3.8) is 0 Å². The van der Waals surface area contributed by atoms with Gasteiger partial charge in [-0.15, -0.1) is 5.10 Å². The van der Waals surface area contributed by atoms with Crippen LogP contribution in [0.2, 0.25) is 0 Å². The van der Waals surface area contributed by atoms with Crippen molar-refractivity contribution >= 4 is 11.5 Å². The molecule has 25 heavy (non-hydrogen) atoms. The van der Waals surface area contributed by atoms with Gasteiger partial charge in [-0.05, 0) is 55.1 Å². The Morgan fingerprint density at radius 1 is 1.04 bits per heavy atom. The molecule has 0 amide bonds. The molecule has 0 bridgehead atoms. The fraction of sp³-hybridized carbons (Fsp3) is 0.636. The van der Waals surface area contributed by atoms with Crippen LogP contribution in [0, 0.1) is 11.8 Å². The van der Waals surface area contributed by atoms with Gasteiger partial charge in [0, 0.05) is 12.1 Å². The quantitative estimate of drug-likeness (QED) is 0.591.